The number of amides is 1. The Labute approximate surface area is 137 Å². The minimum atomic E-state index is -3.96. The minimum absolute atomic E-state index is 0.00963. The normalized spacial score (nSPS) is 13.6. The molecule has 0 saturated heterocycles. The SMILES string of the molecule is CN(c1ccc(Cl)cc1F)S(=O)(=O)c1ccc2c(c1)CC(=O)N2. The van der Waals surface area contributed by atoms with Crippen molar-refractivity contribution in [3.63, 3.8) is 0 Å². The van der Waals surface area contributed by atoms with Crippen LogP contribution in [-0.2, 0) is 21.2 Å². The van der Waals surface area contributed by atoms with Crippen molar-refractivity contribution in [1.29, 1.82) is 0 Å². The number of nitrogens with zero attached hydrogens (tertiary/aromatic N) is 1. The predicted molar refractivity (Wildman–Crippen MR) is 85.8 cm³/mol. The first-order valence-corrected chi connectivity index (χ1v) is 8.47. The lowest BCUT2D eigenvalue weighted by atomic mass is 10.2. The topological polar surface area (TPSA) is 66.5 Å². The van der Waals surface area contributed by atoms with Crippen LogP contribution in [0.3, 0.4) is 0 Å². The maximum atomic E-state index is 14.0. The highest BCUT2D eigenvalue weighted by atomic mass is 35.5. The van der Waals surface area contributed by atoms with E-state index in [0.717, 1.165) is 10.4 Å². The van der Waals surface area contributed by atoms with Crippen LogP contribution in [0.4, 0.5) is 15.8 Å². The van der Waals surface area contributed by atoms with Crippen LogP contribution in [0.5, 0.6) is 0 Å². The second-order valence-corrected chi connectivity index (χ2v) is 7.52. The van der Waals surface area contributed by atoms with E-state index in [4.69, 9.17) is 11.6 Å². The number of fused-ring (bicyclic) bond motifs is 1. The lowest BCUT2D eigenvalue weighted by Crippen LogP contribution is -2.27. The molecule has 0 saturated carbocycles. The number of hydrogen-bond donors (Lipinski definition) is 1. The summed E-state index contributed by atoms with van der Waals surface area (Å²) >= 11 is 5.68. The van der Waals surface area contributed by atoms with Crippen molar-refractivity contribution in [3.8, 4) is 0 Å². The molecule has 1 N–H and O–H groups in total. The fourth-order valence-corrected chi connectivity index (χ4v) is 3.80. The second-order valence-electron chi connectivity index (χ2n) is 5.11. The lowest BCUT2D eigenvalue weighted by Gasteiger charge is -2.20. The molecule has 23 heavy (non-hydrogen) atoms. The first-order valence-electron chi connectivity index (χ1n) is 6.66. The summed E-state index contributed by atoms with van der Waals surface area (Å²) < 4.78 is 40.2. The van der Waals surface area contributed by atoms with E-state index in [-0.39, 0.29) is 27.9 Å². The molecular weight excluding hydrogens is 343 g/mol. The molecule has 0 bridgehead atoms. The van der Waals surface area contributed by atoms with Gasteiger partial charge in [0.15, 0.2) is 0 Å². The molecule has 0 atom stereocenters. The molecule has 1 amide bonds. The Morgan fingerprint density at radius 1 is 1.22 bits per heavy atom. The van der Waals surface area contributed by atoms with Gasteiger partial charge in [0.2, 0.25) is 5.91 Å². The van der Waals surface area contributed by atoms with Crippen molar-refractivity contribution in [2.45, 2.75) is 11.3 Å². The number of carbonyl (C=O) groups is 1. The highest BCUT2D eigenvalue weighted by molar-refractivity contribution is 7.92. The fraction of sp³-hybridized carbons (Fsp3) is 0.133. The Morgan fingerprint density at radius 2 is 1.96 bits per heavy atom. The molecule has 0 spiro atoms. The molecule has 120 valence electrons. The number of anilines is 2. The van der Waals surface area contributed by atoms with Gasteiger partial charge < -0.3 is 5.32 Å². The molecule has 1 heterocycles. The molecule has 0 fully saturated rings. The van der Waals surface area contributed by atoms with E-state index in [1.54, 1.807) is 0 Å². The maximum Gasteiger partial charge on any atom is 0.264 e. The molecule has 1 aliphatic rings. The molecule has 0 radical (unpaired) electrons. The fourth-order valence-electron chi connectivity index (χ4n) is 2.39. The zero-order valence-corrected chi connectivity index (χ0v) is 13.6. The minimum Gasteiger partial charge on any atom is -0.326 e. The number of sulfonamides is 1. The van der Waals surface area contributed by atoms with Gasteiger partial charge in [-0.05, 0) is 42.0 Å². The van der Waals surface area contributed by atoms with Gasteiger partial charge in [0, 0.05) is 17.8 Å². The second kappa shape index (κ2) is 5.50. The van der Waals surface area contributed by atoms with E-state index in [1.165, 1.54) is 37.4 Å². The molecule has 1 aliphatic heterocycles. The number of carbonyl (C=O) groups excluding carboxylic acids is 1. The zero-order valence-electron chi connectivity index (χ0n) is 12.0. The molecule has 3 rings (SSSR count). The summed E-state index contributed by atoms with van der Waals surface area (Å²) in [6.07, 6.45) is 0.123. The third kappa shape index (κ3) is 2.77. The van der Waals surface area contributed by atoms with Crippen LogP contribution in [0, 0.1) is 5.82 Å². The van der Waals surface area contributed by atoms with Crippen molar-refractivity contribution in [2.75, 3.05) is 16.7 Å². The number of nitrogens with one attached hydrogen (secondary N) is 1. The Bertz CT molecular complexity index is 915. The number of benzene rings is 2. The van der Waals surface area contributed by atoms with Gasteiger partial charge in [0.25, 0.3) is 10.0 Å². The largest absolute Gasteiger partial charge is 0.326 e. The number of rotatable bonds is 3. The van der Waals surface area contributed by atoms with E-state index in [0.29, 0.717) is 11.3 Å². The van der Waals surface area contributed by atoms with Gasteiger partial charge in [-0.15, -0.1) is 0 Å². The molecule has 8 heteroatoms. The Hall–Kier alpha value is -2.12. The van der Waals surface area contributed by atoms with Crippen LogP contribution in [0.25, 0.3) is 0 Å². The van der Waals surface area contributed by atoms with E-state index >= 15 is 0 Å². The number of hydrogen-bond acceptors (Lipinski definition) is 3. The van der Waals surface area contributed by atoms with Crippen molar-refractivity contribution in [3.05, 3.63) is 52.8 Å². The van der Waals surface area contributed by atoms with Crippen LogP contribution in [0.2, 0.25) is 5.02 Å². The summed E-state index contributed by atoms with van der Waals surface area (Å²) in [4.78, 5) is 11.4. The van der Waals surface area contributed by atoms with Crippen LogP contribution in [0.1, 0.15) is 5.56 Å². The molecule has 0 aromatic heterocycles. The van der Waals surface area contributed by atoms with Crippen molar-refractivity contribution in [2.24, 2.45) is 0 Å². The third-order valence-electron chi connectivity index (χ3n) is 3.61. The van der Waals surface area contributed by atoms with Crippen molar-refractivity contribution < 1.29 is 17.6 Å². The van der Waals surface area contributed by atoms with Gasteiger partial charge in [0.1, 0.15) is 5.82 Å². The highest BCUT2D eigenvalue weighted by Gasteiger charge is 2.26. The summed E-state index contributed by atoms with van der Waals surface area (Å²) in [5.74, 6) is -0.923. The standard InChI is InChI=1S/C15H12ClFN2O3S/c1-19(14-5-2-10(16)8-12(14)17)23(21,22)11-3-4-13-9(6-11)7-15(20)18-13/h2-6,8H,7H2,1H3,(H,18,20). The van der Waals surface area contributed by atoms with Crippen LogP contribution < -0.4 is 9.62 Å². The van der Waals surface area contributed by atoms with Crippen LogP contribution in [0.15, 0.2) is 41.3 Å². The Balaban J connectivity index is 2.01. The van der Waals surface area contributed by atoms with E-state index in [1.807, 2.05) is 0 Å². The summed E-state index contributed by atoms with van der Waals surface area (Å²) in [6, 6.07) is 8.09. The van der Waals surface area contributed by atoms with Crippen molar-refractivity contribution in [1.82, 2.24) is 0 Å². The smallest absolute Gasteiger partial charge is 0.264 e. The summed E-state index contributed by atoms with van der Waals surface area (Å²) in [7, 11) is -2.69. The highest BCUT2D eigenvalue weighted by Crippen LogP contribution is 2.30. The van der Waals surface area contributed by atoms with Crippen molar-refractivity contribution >= 4 is 38.9 Å². The molecule has 0 aliphatic carbocycles. The van der Waals surface area contributed by atoms with E-state index < -0.39 is 15.8 Å². The quantitative estimate of drug-likeness (QED) is 0.921. The van der Waals surface area contributed by atoms with Gasteiger partial charge >= 0.3 is 0 Å². The van der Waals surface area contributed by atoms with E-state index in [9.17, 15) is 17.6 Å². The van der Waals surface area contributed by atoms with Crippen LogP contribution >= 0.6 is 11.6 Å². The maximum absolute atomic E-state index is 14.0. The molecular formula is C15H12ClFN2O3S. The lowest BCUT2D eigenvalue weighted by molar-refractivity contribution is -0.115. The molecule has 0 unspecified atom stereocenters. The zero-order chi connectivity index (χ0) is 16.8. The van der Waals surface area contributed by atoms with Gasteiger partial charge in [0.05, 0.1) is 17.0 Å². The van der Waals surface area contributed by atoms with Gasteiger partial charge in [-0.2, -0.15) is 0 Å². The monoisotopic (exact) mass is 354 g/mol. The molecule has 2 aromatic carbocycles. The summed E-state index contributed by atoms with van der Waals surface area (Å²) in [6.45, 7) is 0. The van der Waals surface area contributed by atoms with Gasteiger partial charge in [-0.3, -0.25) is 9.10 Å². The molecule has 2 aromatic rings. The average molecular weight is 355 g/mol. The first-order chi connectivity index (χ1) is 10.8. The Kier molecular flexibility index (Phi) is 3.77. The average Bonchev–Trinajstić information content (AvgIpc) is 2.85. The third-order valence-corrected chi connectivity index (χ3v) is 5.61. The number of halogens is 2. The summed E-state index contributed by atoms with van der Waals surface area (Å²) in [5, 5.41) is 2.81. The molecule has 5 nitrogen and oxygen atoms in total. The van der Waals surface area contributed by atoms with E-state index in [2.05, 4.69) is 5.32 Å². The first kappa shape index (κ1) is 15.8. The summed E-state index contributed by atoms with van der Waals surface area (Å²) in [5.41, 5.74) is 1.08. The predicted octanol–water partition coefficient (Wildman–Crippen LogP) is 2.80. The van der Waals surface area contributed by atoms with Gasteiger partial charge in [-0.25, -0.2) is 12.8 Å². The van der Waals surface area contributed by atoms with Gasteiger partial charge in [-0.1, -0.05) is 11.6 Å². The van der Waals surface area contributed by atoms with Crippen LogP contribution in [-0.4, -0.2) is 21.4 Å². The Morgan fingerprint density at radius 3 is 2.65 bits per heavy atom.